The molecule has 0 radical (unpaired) electrons. The van der Waals surface area contributed by atoms with E-state index < -0.39 is 26.6 Å². The van der Waals surface area contributed by atoms with Crippen LogP contribution in [0.3, 0.4) is 0 Å². The minimum atomic E-state index is -4.06. The molecule has 30 heavy (non-hydrogen) atoms. The highest BCUT2D eigenvalue weighted by molar-refractivity contribution is 7.89. The molecule has 0 spiro atoms. The maximum absolute atomic E-state index is 14.3. The molecule has 1 N–H and O–H groups in total. The molecule has 1 amide bonds. The first kappa shape index (κ1) is 20.7. The van der Waals surface area contributed by atoms with E-state index in [1.165, 1.54) is 17.4 Å². The molecule has 0 aliphatic carbocycles. The molecule has 8 nitrogen and oxygen atoms in total. The molecule has 1 aromatic carbocycles. The van der Waals surface area contributed by atoms with Crippen molar-refractivity contribution < 1.29 is 26.8 Å². The molecule has 0 bridgehead atoms. The van der Waals surface area contributed by atoms with Crippen LogP contribution in [0.4, 0.5) is 10.1 Å². The standard InChI is InChI=1S/C19H18FN3O5S2/c1-12-17(22-19(28-12)15-3-2-10-29-15)18(24)21-13-4-5-14(20)16(11-13)30(25,26)23-6-8-27-9-7-23/h2-5,10-11H,6-9H2,1H3,(H,21,24). The van der Waals surface area contributed by atoms with Gasteiger partial charge in [-0.2, -0.15) is 4.31 Å². The van der Waals surface area contributed by atoms with Crippen molar-refractivity contribution in [1.82, 2.24) is 9.29 Å². The summed E-state index contributed by atoms with van der Waals surface area (Å²) in [5.74, 6) is -0.834. The second-order valence-corrected chi connectivity index (χ2v) is 9.37. The van der Waals surface area contributed by atoms with E-state index in [0.29, 0.717) is 11.7 Å². The monoisotopic (exact) mass is 451 g/mol. The van der Waals surface area contributed by atoms with Gasteiger partial charge in [0.05, 0.1) is 18.1 Å². The van der Waals surface area contributed by atoms with Gasteiger partial charge < -0.3 is 14.5 Å². The quantitative estimate of drug-likeness (QED) is 0.640. The summed E-state index contributed by atoms with van der Waals surface area (Å²) < 4.78 is 51.8. The van der Waals surface area contributed by atoms with Gasteiger partial charge in [-0.25, -0.2) is 17.8 Å². The van der Waals surface area contributed by atoms with Crippen LogP contribution >= 0.6 is 11.3 Å². The topological polar surface area (TPSA) is 102 Å². The van der Waals surface area contributed by atoms with E-state index in [2.05, 4.69) is 10.3 Å². The van der Waals surface area contributed by atoms with Gasteiger partial charge in [-0.3, -0.25) is 4.79 Å². The van der Waals surface area contributed by atoms with Gasteiger partial charge in [-0.05, 0) is 36.6 Å². The number of hydrogen-bond acceptors (Lipinski definition) is 7. The molecule has 1 aliphatic heterocycles. The molecule has 0 atom stereocenters. The van der Waals surface area contributed by atoms with E-state index in [1.807, 2.05) is 17.5 Å². The summed E-state index contributed by atoms with van der Waals surface area (Å²) in [7, 11) is -4.06. The first-order valence-electron chi connectivity index (χ1n) is 9.06. The number of halogens is 1. The van der Waals surface area contributed by atoms with Crippen LogP contribution in [0.1, 0.15) is 16.2 Å². The first-order chi connectivity index (χ1) is 14.4. The van der Waals surface area contributed by atoms with E-state index in [1.54, 1.807) is 6.92 Å². The highest BCUT2D eigenvalue weighted by atomic mass is 32.2. The van der Waals surface area contributed by atoms with E-state index in [0.717, 1.165) is 21.3 Å². The van der Waals surface area contributed by atoms with Crippen molar-refractivity contribution in [2.45, 2.75) is 11.8 Å². The van der Waals surface area contributed by atoms with Crippen LogP contribution in [0.15, 0.2) is 45.0 Å². The zero-order valence-electron chi connectivity index (χ0n) is 15.9. The largest absolute Gasteiger partial charge is 0.440 e. The van der Waals surface area contributed by atoms with Crippen molar-refractivity contribution in [2.75, 3.05) is 31.6 Å². The van der Waals surface area contributed by atoms with Gasteiger partial charge in [0, 0.05) is 18.8 Å². The van der Waals surface area contributed by atoms with Gasteiger partial charge >= 0.3 is 0 Å². The second kappa shape index (κ2) is 8.26. The summed E-state index contributed by atoms with van der Waals surface area (Å²) in [6.45, 7) is 2.38. The van der Waals surface area contributed by atoms with E-state index in [4.69, 9.17) is 9.15 Å². The van der Waals surface area contributed by atoms with Crippen molar-refractivity contribution in [3.05, 3.63) is 53.0 Å². The second-order valence-electron chi connectivity index (χ2n) is 6.52. The van der Waals surface area contributed by atoms with Gasteiger partial charge in [0.2, 0.25) is 15.9 Å². The van der Waals surface area contributed by atoms with Gasteiger partial charge in [0.1, 0.15) is 16.5 Å². The number of oxazole rings is 1. The Morgan fingerprint density at radius 1 is 1.27 bits per heavy atom. The van der Waals surface area contributed by atoms with Crippen molar-refractivity contribution >= 4 is 33.0 Å². The molecule has 3 heterocycles. The van der Waals surface area contributed by atoms with Gasteiger partial charge in [-0.15, -0.1) is 11.3 Å². The molecule has 1 saturated heterocycles. The number of sulfonamides is 1. The zero-order valence-corrected chi connectivity index (χ0v) is 17.6. The average molecular weight is 452 g/mol. The third kappa shape index (κ3) is 4.01. The zero-order chi connectivity index (χ0) is 21.3. The number of benzene rings is 1. The molecule has 158 valence electrons. The molecule has 0 unspecified atom stereocenters. The van der Waals surface area contributed by atoms with Gasteiger partial charge in [0.15, 0.2) is 5.69 Å². The molecular formula is C19H18FN3O5S2. The number of nitrogens with zero attached hydrogens (tertiary/aromatic N) is 2. The molecule has 0 saturated carbocycles. The number of ether oxygens (including phenoxy) is 1. The Morgan fingerprint density at radius 2 is 2.03 bits per heavy atom. The molecule has 3 aromatic rings. The lowest BCUT2D eigenvalue weighted by atomic mass is 10.3. The van der Waals surface area contributed by atoms with Crippen LogP contribution in [-0.2, 0) is 14.8 Å². The SMILES string of the molecule is Cc1oc(-c2cccs2)nc1C(=O)Nc1ccc(F)c(S(=O)(=O)N2CCOCC2)c1. The number of amides is 1. The van der Waals surface area contributed by atoms with E-state index >= 15 is 0 Å². The molecule has 11 heteroatoms. The van der Waals surface area contributed by atoms with Gasteiger partial charge in [0.25, 0.3) is 5.91 Å². The normalized spacial score (nSPS) is 15.3. The summed E-state index contributed by atoms with van der Waals surface area (Å²) in [5, 5.41) is 4.43. The number of rotatable bonds is 5. The van der Waals surface area contributed by atoms with Crippen molar-refractivity contribution in [1.29, 1.82) is 0 Å². The Hall–Kier alpha value is -2.60. The fraction of sp³-hybridized carbons (Fsp3) is 0.263. The summed E-state index contributed by atoms with van der Waals surface area (Å²) in [6.07, 6.45) is 0. The third-order valence-corrected chi connectivity index (χ3v) is 7.29. The predicted molar refractivity (Wildman–Crippen MR) is 108 cm³/mol. The number of anilines is 1. The van der Waals surface area contributed by atoms with Crippen LogP contribution in [0.2, 0.25) is 0 Å². The van der Waals surface area contributed by atoms with Crippen LogP contribution in [0.25, 0.3) is 10.8 Å². The van der Waals surface area contributed by atoms with Crippen LogP contribution in [-0.4, -0.2) is 49.9 Å². The van der Waals surface area contributed by atoms with Crippen molar-refractivity contribution in [3.63, 3.8) is 0 Å². The first-order valence-corrected chi connectivity index (χ1v) is 11.4. The minimum absolute atomic E-state index is 0.0697. The Bertz CT molecular complexity index is 1170. The molecular weight excluding hydrogens is 433 g/mol. The van der Waals surface area contributed by atoms with Crippen LogP contribution < -0.4 is 5.32 Å². The molecule has 2 aromatic heterocycles. The summed E-state index contributed by atoms with van der Waals surface area (Å²) in [4.78, 5) is 17.2. The number of thiophene rings is 1. The number of carbonyl (C=O) groups excluding carboxylic acids is 1. The summed E-state index contributed by atoms with van der Waals surface area (Å²) >= 11 is 1.42. The lowest BCUT2D eigenvalue weighted by Gasteiger charge is -2.26. The smallest absolute Gasteiger partial charge is 0.277 e. The average Bonchev–Trinajstić information content (AvgIpc) is 3.39. The number of morpholine rings is 1. The Morgan fingerprint density at radius 3 is 2.73 bits per heavy atom. The Labute approximate surface area is 176 Å². The Balaban J connectivity index is 1.58. The Kier molecular flexibility index (Phi) is 5.69. The number of aromatic nitrogens is 1. The third-order valence-electron chi connectivity index (χ3n) is 4.52. The molecule has 1 aliphatic rings. The molecule has 1 fully saturated rings. The summed E-state index contributed by atoms with van der Waals surface area (Å²) in [5.41, 5.74) is 0.202. The lowest BCUT2D eigenvalue weighted by Crippen LogP contribution is -2.40. The minimum Gasteiger partial charge on any atom is -0.440 e. The summed E-state index contributed by atoms with van der Waals surface area (Å²) in [6, 6.07) is 7.07. The fourth-order valence-corrected chi connectivity index (χ4v) is 5.16. The highest BCUT2D eigenvalue weighted by Crippen LogP contribution is 2.27. The maximum Gasteiger partial charge on any atom is 0.277 e. The van der Waals surface area contributed by atoms with E-state index in [9.17, 15) is 17.6 Å². The number of nitrogens with one attached hydrogen (secondary N) is 1. The molecule has 4 rings (SSSR count). The van der Waals surface area contributed by atoms with E-state index in [-0.39, 0.29) is 37.7 Å². The lowest BCUT2D eigenvalue weighted by molar-refractivity contribution is 0.0729. The number of aryl methyl sites for hydroxylation is 1. The van der Waals surface area contributed by atoms with Crippen molar-refractivity contribution in [2.24, 2.45) is 0 Å². The highest BCUT2D eigenvalue weighted by Gasteiger charge is 2.29. The number of carbonyl (C=O) groups is 1. The predicted octanol–water partition coefficient (Wildman–Crippen LogP) is 3.12. The van der Waals surface area contributed by atoms with Crippen LogP contribution in [0.5, 0.6) is 0 Å². The van der Waals surface area contributed by atoms with Crippen LogP contribution in [0, 0.1) is 12.7 Å². The maximum atomic E-state index is 14.3. The fourth-order valence-electron chi connectivity index (χ4n) is 3.01. The van der Waals surface area contributed by atoms with Crippen molar-refractivity contribution in [3.8, 4) is 10.8 Å². The number of hydrogen-bond donors (Lipinski definition) is 1. The van der Waals surface area contributed by atoms with Gasteiger partial charge in [-0.1, -0.05) is 6.07 Å².